The van der Waals surface area contributed by atoms with Gasteiger partial charge in [0.1, 0.15) is 34.8 Å². The molecule has 2 aromatic carbocycles. The second kappa shape index (κ2) is 17.4. The van der Waals surface area contributed by atoms with E-state index in [1.165, 1.54) is 17.0 Å². The normalized spacial score (nSPS) is 16.3. The number of alkyl carbamates (subject to hydrolysis) is 1. The molecular weight excluding hydrogens is 754 g/mol. The molecule has 0 saturated carbocycles. The Kier molecular flexibility index (Phi) is 13.5. The molecule has 58 heavy (non-hydrogen) atoms. The van der Waals surface area contributed by atoms with Crippen LogP contribution in [0.5, 0.6) is 5.75 Å². The van der Waals surface area contributed by atoms with E-state index in [9.17, 15) is 28.8 Å². The van der Waals surface area contributed by atoms with Gasteiger partial charge in [-0.3, -0.25) is 9.59 Å². The SMILES string of the molecule is CC(C)(C)OC(=O)NCCN(C(=O)OC(C)(C)C)C1=NC(c2ccc(OC[C@H](ON3C(=O)c4ccccc4C3=O)C(=O)OC(C)(C)C)cc2)CN1C(=O)OC(C)(C)C. The van der Waals surface area contributed by atoms with Gasteiger partial charge in [0, 0.05) is 13.1 Å². The third-order valence-corrected chi connectivity index (χ3v) is 7.67. The van der Waals surface area contributed by atoms with Crippen molar-refractivity contribution in [2.45, 2.75) is 118 Å². The summed E-state index contributed by atoms with van der Waals surface area (Å²) >= 11 is 0. The Morgan fingerprint density at radius 2 is 1.29 bits per heavy atom. The number of nitrogens with one attached hydrogen (secondary N) is 1. The zero-order valence-corrected chi connectivity index (χ0v) is 35.3. The number of benzene rings is 2. The molecule has 0 radical (unpaired) electrons. The highest BCUT2D eigenvalue weighted by Crippen LogP contribution is 2.30. The number of hydroxylamine groups is 2. The molecule has 4 rings (SSSR count). The van der Waals surface area contributed by atoms with Crippen LogP contribution in [-0.2, 0) is 28.6 Å². The first-order valence-corrected chi connectivity index (χ1v) is 18.9. The number of nitrogens with zero attached hydrogens (tertiary/aromatic N) is 4. The maximum Gasteiger partial charge on any atom is 0.417 e. The van der Waals surface area contributed by atoms with Crippen LogP contribution >= 0.6 is 0 Å². The maximum absolute atomic E-state index is 13.6. The molecule has 0 bridgehead atoms. The van der Waals surface area contributed by atoms with Gasteiger partial charge in [0.2, 0.25) is 12.1 Å². The van der Waals surface area contributed by atoms with Crippen LogP contribution in [0, 0.1) is 0 Å². The molecule has 1 N–H and O–H groups in total. The zero-order chi connectivity index (χ0) is 43.4. The molecule has 0 fully saturated rings. The first kappa shape index (κ1) is 45.0. The lowest BCUT2D eigenvalue weighted by atomic mass is 10.1. The Labute approximate surface area is 338 Å². The number of aliphatic imine (C=N–C) groups is 1. The molecule has 17 heteroatoms. The van der Waals surface area contributed by atoms with E-state index in [0.29, 0.717) is 10.6 Å². The minimum atomic E-state index is -1.51. The van der Waals surface area contributed by atoms with Crippen LogP contribution in [0.25, 0.3) is 0 Å². The van der Waals surface area contributed by atoms with Gasteiger partial charge in [0.15, 0.2) is 0 Å². The molecule has 5 amide bonds. The number of esters is 1. The fraction of sp³-hybridized carbons (Fsp3) is 0.537. The van der Waals surface area contributed by atoms with E-state index in [1.807, 2.05) is 0 Å². The summed E-state index contributed by atoms with van der Waals surface area (Å²) in [5.74, 6) is -2.06. The number of imide groups is 1. The second-order valence-corrected chi connectivity index (χ2v) is 17.6. The molecule has 17 nitrogen and oxygen atoms in total. The molecular formula is C41H55N5O12. The van der Waals surface area contributed by atoms with Gasteiger partial charge in [-0.1, -0.05) is 24.3 Å². The summed E-state index contributed by atoms with van der Waals surface area (Å²) in [6, 6.07) is 12.1. The van der Waals surface area contributed by atoms with Crippen molar-refractivity contribution in [3.05, 3.63) is 65.2 Å². The van der Waals surface area contributed by atoms with Gasteiger partial charge in [-0.2, -0.15) is 0 Å². The third-order valence-electron chi connectivity index (χ3n) is 7.67. The predicted octanol–water partition coefficient (Wildman–Crippen LogP) is 6.41. The van der Waals surface area contributed by atoms with E-state index in [0.717, 1.165) is 4.90 Å². The van der Waals surface area contributed by atoms with Crippen molar-refractivity contribution in [2.24, 2.45) is 4.99 Å². The lowest BCUT2D eigenvalue weighted by Gasteiger charge is -2.31. The number of guanidine groups is 1. The fourth-order valence-electron chi connectivity index (χ4n) is 5.40. The Morgan fingerprint density at radius 1 is 0.759 bits per heavy atom. The highest BCUT2D eigenvalue weighted by Gasteiger charge is 2.42. The number of hydrogen-bond acceptors (Lipinski definition) is 13. The van der Waals surface area contributed by atoms with Crippen molar-refractivity contribution < 1.29 is 57.3 Å². The highest BCUT2D eigenvalue weighted by molar-refractivity contribution is 6.20. The highest BCUT2D eigenvalue weighted by atomic mass is 16.7. The predicted molar refractivity (Wildman–Crippen MR) is 210 cm³/mol. The van der Waals surface area contributed by atoms with Gasteiger partial charge in [-0.15, -0.1) is 5.06 Å². The summed E-state index contributed by atoms with van der Waals surface area (Å²) in [6.07, 6.45) is -3.76. The number of carbonyl (C=O) groups excluding carboxylic acids is 6. The van der Waals surface area contributed by atoms with Crippen LogP contribution in [0.1, 0.15) is 115 Å². The summed E-state index contributed by atoms with van der Waals surface area (Å²) in [5.41, 5.74) is -2.54. The molecule has 0 aliphatic carbocycles. The molecule has 1 unspecified atom stereocenters. The van der Waals surface area contributed by atoms with Crippen LogP contribution in [0.4, 0.5) is 14.4 Å². The maximum atomic E-state index is 13.6. The minimum Gasteiger partial charge on any atom is -0.490 e. The second-order valence-electron chi connectivity index (χ2n) is 17.6. The lowest BCUT2D eigenvalue weighted by molar-refractivity contribution is -0.193. The summed E-state index contributed by atoms with van der Waals surface area (Å²) in [5, 5.41) is 3.15. The van der Waals surface area contributed by atoms with E-state index in [4.69, 9.17) is 33.5 Å². The molecule has 2 aromatic rings. The molecule has 316 valence electrons. The molecule has 2 aliphatic heterocycles. The van der Waals surface area contributed by atoms with Gasteiger partial charge in [0.25, 0.3) is 11.8 Å². The van der Waals surface area contributed by atoms with E-state index in [1.54, 1.807) is 119 Å². The van der Waals surface area contributed by atoms with Gasteiger partial charge >= 0.3 is 24.2 Å². The molecule has 2 heterocycles. The van der Waals surface area contributed by atoms with Crippen LogP contribution in [-0.4, -0.2) is 112 Å². The number of rotatable bonds is 10. The Morgan fingerprint density at radius 3 is 1.81 bits per heavy atom. The summed E-state index contributed by atoms with van der Waals surface area (Å²) < 4.78 is 28.1. The lowest BCUT2D eigenvalue weighted by Crippen LogP contribution is -2.52. The van der Waals surface area contributed by atoms with Crippen LogP contribution < -0.4 is 10.1 Å². The molecule has 0 spiro atoms. The van der Waals surface area contributed by atoms with E-state index >= 15 is 0 Å². The van der Waals surface area contributed by atoms with E-state index < -0.39 is 77.2 Å². The van der Waals surface area contributed by atoms with Crippen molar-refractivity contribution in [3.8, 4) is 5.75 Å². The fourth-order valence-corrected chi connectivity index (χ4v) is 5.40. The van der Waals surface area contributed by atoms with Crippen molar-refractivity contribution in [3.63, 3.8) is 0 Å². The first-order valence-electron chi connectivity index (χ1n) is 18.9. The standard InChI is InChI=1S/C41H55N5O12/c1-38(2,3)54-33(49)30(58-46-31(47)27-15-13-14-16-28(27)32(46)48)24-53-26-19-17-25(18-20-26)29-23-45(37(52)57-41(10,11)12)34(43-29)44(36(51)56-40(7,8)9)22-21-42-35(50)55-39(4,5)6/h13-20,29-30H,21-24H2,1-12H3,(H,42,50)/t29?,30-/m0/s1. The number of carbonyl (C=O) groups is 6. The van der Waals surface area contributed by atoms with Gasteiger partial charge < -0.3 is 29.0 Å². The van der Waals surface area contributed by atoms with Crippen molar-refractivity contribution in [1.82, 2.24) is 20.2 Å². The van der Waals surface area contributed by atoms with Crippen molar-refractivity contribution >= 4 is 42.0 Å². The number of hydrogen-bond donors (Lipinski definition) is 1. The third kappa shape index (κ3) is 12.6. The van der Waals surface area contributed by atoms with Crippen molar-refractivity contribution in [2.75, 3.05) is 26.2 Å². The average Bonchev–Trinajstić information content (AvgIpc) is 3.61. The summed E-state index contributed by atoms with van der Waals surface area (Å²) in [7, 11) is 0. The van der Waals surface area contributed by atoms with E-state index in [-0.39, 0.29) is 42.5 Å². The largest absolute Gasteiger partial charge is 0.490 e. The average molecular weight is 810 g/mol. The smallest absolute Gasteiger partial charge is 0.417 e. The van der Waals surface area contributed by atoms with Crippen LogP contribution in [0.15, 0.2) is 53.5 Å². The van der Waals surface area contributed by atoms with Crippen LogP contribution in [0.2, 0.25) is 0 Å². The topological polar surface area (TPSA) is 192 Å². The number of ether oxygens (including phenoxy) is 5. The Hall–Kier alpha value is -5.71. The van der Waals surface area contributed by atoms with Crippen molar-refractivity contribution in [1.29, 1.82) is 0 Å². The summed E-state index contributed by atoms with van der Waals surface area (Å²) in [4.78, 5) is 91.7. The zero-order valence-electron chi connectivity index (χ0n) is 35.3. The first-order chi connectivity index (χ1) is 26.7. The monoisotopic (exact) mass is 809 g/mol. The Bertz CT molecular complexity index is 1870. The minimum absolute atomic E-state index is 0.0158. The van der Waals surface area contributed by atoms with Gasteiger partial charge in [-0.05, 0) is 113 Å². The molecule has 2 atom stereocenters. The number of amides is 5. The van der Waals surface area contributed by atoms with Crippen LogP contribution in [0.3, 0.4) is 0 Å². The van der Waals surface area contributed by atoms with E-state index in [2.05, 4.69) is 5.32 Å². The molecule has 2 aliphatic rings. The number of fused-ring (bicyclic) bond motifs is 1. The molecule has 0 saturated heterocycles. The van der Waals surface area contributed by atoms with Gasteiger partial charge in [0.05, 0.1) is 23.7 Å². The van der Waals surface area contributed by atoms with Gasteiger partial charge in [-0.25, -0.2) is 38.8 Å². The Balaban J connectivity index is 1.57. The molecule has 0 aromatic heterocycles. The quantitative estimate of drug-likeness (QED) is 0.158. The summed E-state index contributed by atoms with van der Waals surface area (Å²) in [6.45, 7) is 19.8.